The summed E-state index contributed by atoms with van der Waals surface area (Å²) in [5.41, 5.74) is 2.10. The number of hydrogen-bond donors (Lipinski definition) is 0. The van der Waals surface area contributed by atoms with Crippen LogP contribution in [-0.4, -0.2) is 18.1 Å². The van der Waals surface area contributed by atoms with E-state index < -0.39 is 0 Å². The summed E-state index contributed by atoms with van der Waals surface area (Å²) in [6.45, 7) is 0. The van der Waals surface area contributed by atoms with Gasteiger partial charge in [-0.05, 0) is 79.2 Å². The Hall–Kier alpha value is -1.97. The van der Waals surface area contributed by atoms with E-state index >= 15 is 0 Å². The predicted octanol–water partition coefficient (Wildman–Crippen LogP) is 4.46. The summed E-state index contributed by atoms with van der Waals surface area (Å²) in [6, 6.07) is 6.90. The van der Waals surface area contributed by atoms with Gasteiger partial charge in [0.05, 0.1) is 12.6 Å². The molecule has 0 amide bonds. The van der Waals surface area contributed by atoms with E-state index in [0.717, 1.165) is 36.6 Å². The summed E-state index contributed by atoms with van der Waals surface area (Å²) in [4.78, 5) is 15.8. The average Bonchev–Trinajstić information content (AvgIpc) is 3.12. The molecule has 4 atom stereocenters. The SMILES string of the molecule is COC(=O)CC1C[C@@H]2CC(c3ccnc4ccc(F)cc34)C[C@@H]2C1. The van der Waals surface area contributed by atoms with E-state index in [1.807, 2.05) is 6.20 Å². The van der Waals surface area contributed by atoms with E-state index in [1.54, 1.807) is 12.1 Å². The van der Waals surface area contributed by atoms with Crippen molar-refractivity contribution < 1.29 is 13.9 Å². The quantitative estimate of drug-likeness (QED) is 0.782. The number of hydrogen-bond acceptors (Lipinski definition) is 3. The molecule has 24 heavy (non-hydrogen) atoms. The number of esters is 1. The van der Waals surface area contributed by atoms with Gasteiger partial charge in [-0.25, -0.2) is 4.39 Å². The first-order valence-electron chi connectivity index (χ1n) is 8.75. The van der Waals surface area contributed by atoms with Crippen LogP contribution >= 0.6 is 0 Å². The van der Waals surface area contributed by atoms with Crippen molar-refractivity contribution in [2.75, 3.05) is 7.11 Å². The van der Waals surface area contributed by atoms with Gasteiger partial charge in [0.1, 0.15) is 5.82 Å². The molecule has 0 N–H and O–H groups in total. The van der Waals surface area contributed by atoms with Gasteiger partial charge in [-0.2, -0.15) is 0 Å². The Morgan fingerprint density at radius 1 is 1.21 bits per heavy atom. The van der Waals surface area contributed by atoms with Crippen LogP contribution in [0.25, 0.3) is 10.9 Å². The molecule has 2 aliphatic rings. The number of pyridine rings is 1. The Bertz CT molecular complexity index is 761. The molecular formula is C20H22FNO2. The highest BCUT2D eigenvalue weighted by molar-refractivity contribution is 5.82. The number of aromatic nitrogens is 1. The van der Waals surface area contributed by atoms with E-state index in [2.05, 4.69) is 11.1 Å². The van der Waals surface area contributed by atoms with Gasteiger partial charge in [0.15, 0.2) is 0 Å². The molecule has 2 saturated carbocycles. The number of benzene rings is 1. The third-order valence-corrected chi connectivity index (χ3v) is 5.97. The van der Waals surface area contributed by atoms with Crippen molar-refractivity contribution in [3.63, 3.8) is 0 Å². The molecule has 3 nitrogen and oxygen atoms in total. The normalized spacial score (nSPS) is 28.9. The maximum atomic E-state index is 13.7. The minimum Gasteiger partial charge on any atom is -0.469 e. The van der Waals surface area contributed by atoms with Crippen LogP contribution < -0.4 is 0 Å². The number of carbonyl (C=O) groups is 1. The van der Waals surface area contributed by atoms with Crippen LogP contribution in [0.1, 0.15) is 43.6 Å². The molecule has 1 aromatic heterocycles. The summed E-state index contributed by atoms with van der Waals surface area (Å²) in [5, 5.41) is 0.952. The van der Waals surface area contributed by atoms with Crippen LogP contribution in [0.5, 0.6) is 0 Å². The minimum absolute atomic E-state index is 0.0906. The molecular weight excluding hydrogens is 305 g/mol. The molecule has 0 spiro atoms. The van der Waals surface area contributed by atoms with E-state index in [1.165, 1.54) is 18.7 Å². The first-order chi connectivity index (χ1) is 11.6. The summed E-state index contributed by atoms with van der Waals surface area (Å²) < 4.78 is 18.5. The van der Waals surface area contributed by atoms with E-state index in [-0.39, 0.29) is 11.8 Å². The fraction of sp³-hybridized carbons (Fsp3) is 0.500. The van der Waals surface area contributed by atoms with Gasteiger partial charge in [0.2, 0.25) is 0 Å². The van der Waals surface area contributed by atoms with Crippen LogP contribution in [-0.2, 0) is 9.53 Å². The highest BCUT2D eigenvalue weighted by Crippen LogP contribution is 2.53. The highest BCUT2D eigenvalue weighted by atomic mass is 19.1. The Morgan fingerprint density at radius 2 is 1.96 bits per heavy atom. The summed E-state index contributed by atoms with van der Waals surface area (Å²) in [5.74, 6) is 2.02. The molecule has 126 valence electrons. The molecule has 1 aromatic carbocycles. The average molecular weight is 327 g/mol. The van der Waals surface area contributed by atoms with Gasteiger partial charge < -0.3 is 4.74 Å². The summed E-state index contributed by atoms with van der Waals surface area (Å²) in [6.07, 6.45) is 6.90. The molecule has 2 aliphatic carbocycles. The van der Waals surface area contributed by atoms with Gasteiger partial charge >= 0.3 is 5.97 Å². The molecule has 0 aliphatic heterocycles. The largest absolute Gasteiger partial charge is 0.469 e. The second-order valence-corrected chi connectivity index (χ2v) is 7.37. The molecule has 2 unspecified atom stereocenters. The lowest BCUT2D eigenvalue weighted by Crippen LogP contribution is -2.08. The molecule has 0 saturated heterocycles. The Balaban J connectivity index is 1.52. The maximum absolute atomic E-state index is 13.7. The van der Waals surface area contributed by atoms with Crippen LogP contribution in [0.15, 0.2) is 30.5 Å². The second-order valence-electron chi connectivity index (χ2n) is 7.37. The lowest BCUT2D eigenvalue weighted by Gasteiger charge is -2.16. The minimum atomic E-state index is -0.201. The summed E-state index contributed by atoms with van der Waals surface area (Å²) >= 11 is 0. The van der Waals surface area contributed by atoms with E-state index in [0.29, 0.717) is 30.1 Å². The first kappa shape index (κ1) is 15.6. The zero-order valence-corrected chi connectivity index (χ0v) is 13.9. The third kappa shape index (κ3) is 2.79. The fourth-order valence-corrected chi connectivity index (χ4v) is 4.98. The smallest absolute Gasteiger partial charge is 0.305 e. The molecule has 4 heteroatoms. The monoisotopic (exact) mass is 327 g/mol. The standard InChI is InChI=1S/C20H22FNO2/c1-24-20(23)8-12-6-13-9-15(10-14(13)7-12)17-4-5-22-19-3-2-16(21)11-18(17)19/h2-5,11-15H,6-10H2,1H3/t12?,13-,14+,15?. The van der Waals surface area contributed by atoms with Crippen molar-refractivity contribution >= 4 is 16.9 Å². The Kier molecular flexibility index (Phi) is 3.99. The van der Waals surface area contributed by atoms with Gasteiger partial charge in [0.25, 0.3) is 0 Å². The molecule has 0 radical (unpaired) electrons. The Labute approximate surface area is 141 Å². The zero-order chi connectivity index (χ0) is 16.7. The number of methoxy groups -OCH3 is 1. The van der Waals surface area contributed by atoms with Crippen molar-refractivity contribution in [2.45, 2.75) is 38.0 Å². The lowest BCUT2D eigenvalue weighted by molar-refractivity contribution is -0.141. The van der Waals surface area contributed by atoms with Gasteiger partial charge in [0, 0.05) is 18.0 Å². The van der Waals surface area contributed by atoms with E-state index in [9.17, 15) is 9.18 Å². The van der Waals surface area contributed by atoms with Gasteiger partial charge in [-0.3, -0.25) is 9.78 Å². The Morgan fingerprint density at radius 3 is 2.67 bits per heavy atom. The number of halogens is 1. The number of carbonyl (C=O) groups excluding carboxylic acids is 1. The topological polar surface area (TPSA) is 39.2 Å². The molecule has 2 fully saturated rings. The van der Waals surface area contributed by atoms with Crippen LogP contribution in [0.2, 0.25) is 0 Å². The second kappa shape index (κ2) is 6.15. The van der Waals surface area contributed by atoms with Crippen molar-refractivity contribution in [2.24, 2.45) is 17.8 Å². The third-order valence-electron chi connectivity index (χ3n) is 5.97. The number of rotatable bonds is 3. The summed E-state index contributed by atoms with van der Waals surface area (Å²) in [7, 11) is 1.46. The van der Waals surface area contributed by atoms with Crippen molar-refractivity contribution in [3.05, 3.63) is 41.8 Å². The highest BCUT2D eigenvalue weighted by Gasteiger charge is 2.42. The van der Waals surface area contributed by atoms with Crippen molar-refractivity contribution in [1.29, 1.82) is 0 Å². The van der Waals surface area contributed by atoms with Crippen LogP contribution in [0, 0.1) is 23.6 Å². The van der Waals surface area contributed by atoms with Crippen LogP contribution in [0.4, 0.5) is 4.39 Å². The molecule has 4 rings (SSSR count). The molecule has 1 heterocycles. The van der Waals surface area contributed by atoms with Gasteiger partial charge in [-0.1, -0.05) is 0 Å². The lowest BCUT2D eigenvalue weighted by atomic mass is 9.90. The number of nitrogens with zero attached hydrogens (tertiary/aromatic N) is 1. The van der Waals surface area contributed by atoms with E-state index in [4.69, 9.17) is 4.74 Å². The maximum Gasteiger partial charge on any atom is 0.305 e. The molecule has 0 bridgehead atoms. The first-order valence-corrected chi connectivity index (χ1v) is 8.75. The number of ether oxygens (including phenoxy) is 1. The predicted molar refractivity (Wildman–Crippen MR) is 90.0 cm³/mol. The van der Waals surface area contributed by atoms with Crippen molar-refractivity contribution in [1.82, 2.24) is 4.98 Å². The van der Waals surface area contributed by atoms with Gasteiger partial charge in [-0.15, -0.1) is 0 Å². The zero-order valence-electron chi connectivity index (χ0n) is 13.9. The molecule has 2 aromatic rings. The fourth-order valence-electron chi connectivity index (χ4n) is 4.98. The van der Waals surface area contributed by atoms with Crippen LogP contribution in [0.3, 0.4) is 0 Å². The van der Waals surface area contributed by atoms with Crippen molar-refractivity contribution in [3.8, 4) is 0 Å². The number of fused-ring (bicyclic) bond motifs is 2.